The molecule has 6 nitrogen and oxygen atoms in total. The summed E-state index contributed by atoms with van der Waals surface area (Å²) >= 11 is 0. The van der Waals surface area contributed by atoms with Crippen molar-refractivity contribution in [3.05, 3.63) is 42.6 Å². The molecule has 0 radical (unpaired) electrons. The summed E-state index contributed by atoms with van der Waals surface area (Å²) in [6, 6.07) is 3.80. The van der Waals surface area contributed by atoms with Crippen LogP contribution in [0.25, 0.3) is 5.82 Å². The third-order valence-electron chi connectivity index (χ3n) is 5.49. The summed E-state index contributed by atoms with van der Waals surface area (Å²) in [5.74, 6) is 1.34. The molecule has 0 spiro atoms. The van der Waals surface area contributed by atoms with Crippen molar-refractivity contribution in [3.8, 4) is 5.82 Å². The minimum absolute atomic E-state index is 0.0144. The molecule has 1 aliphatic rings. The van der Waals surface area contributed by atoms with Crippen LogP contribution in [-0.2, 0) is 16.1 Å². The largest absolute Gasteiger partial charge is 0.352 e. The second-order valence-electron chi connectivity index (χ2n) is 7.35. The van der Waals surface area contributed by atoms with Crippen molar-refractivity contribution >= 4 is 11.7 Å². The lowest BCUT2D eigenvalue weighted by Crippen LogP contribution is -2.49. The van der Waals surface area contributed by atoms with Crippen molar-refractivity contribution in [3.63, 3.8) is 0 Å². The second-order valence-corrected chi connectivity index (χ2v) is 7.35. The molecular weight excluding hydrogens is 316 g/mol. The molecule has 1 saturated carbocycles. The molecule has 1 N–H and O–H groups in total. The standard InChI is InChI=1S/C19H24N4O2/c1-13(24)16-9-15(19(16,2)3)10-17(25)22-11-14-5-4-6-21-18(14)23-8-7-20-12-23/h4-8,12,15-16H,9-11H2,1-3H3,(H,22,25)/t15-,16+/m1/s1. The molecule has 1 fully saturated rings. The monoisotopic (exact) mass is 340 g/mol. The van der Waals surface area contributed by atoms with E-state index in [-0.39, 0.29) is 28.9 Å². The fraction of sp³-hybridized carbons (Fsp3) is 0.474. The lowest BCUT2D eigenvalue weighted by Gasteiger charge is -2.51. The Balaban J connectivity index is 1.58. The maximum absolute atomic E-state index is 12.3. The molecule has 3 rings (SSSR count). The number of aromatic nitrogens is 3. The summed E-state index contributed by atoms with van der Waals surface area (Å²) in [6.45, 7) is 6.23. The number of carbonyl (C=O) groups is 2. The molecule has 2 atom stereocenters. The smallest absolute Gasteiger partial charge is 0.220 e. The quantitative estimate of drug-likeness (QED) is 0.876. The zero-order valence-electron chi connectivity index (χ0n) is 14.9. The van der Waals surface area contributed by atoms with Crippen LogP contribution in [0.4, 0.5) is 0 Å². The number of carbonyl (C=O) groups excluding carboxylic acids is 2. The number of Topliss-reactive ketones (excluding diaryl/α,β-unsaturated/α-hetero) is 1. The van der Waals surface area contributed by atoms with Crippen LogP contribution in [0, 0.1) is 17.3 Å². The van der Waals surface area contributed by atoms with Gasteiger partial charge in [0.05, 0.1) is 0 Å². The molecule has 1 aliphatic carbocycles. The molecule has 0 aromatic carbocycles. The van der Waals surface area contributed by atoms with Gasteiger partial charge in [0.1, 0.15) is 17.9 Å². The summed E-state index contributed by atoms with van der Waals surface area (Å²) in [5, 5.41) is 2.98. The topological polar surface area (TPSA) is 76.9 Å². The predicted octanol–water partition coefficient (Wildman–Crippen LogP) is 2.52. The van der Waals surface area contributed by atoms with E-state index < -0.39 is 0 Å². The van der Waals surface area contributed by atoms with Gasteiger partial charge in [-0.3, -0.25) is 14.2 Å². The van der Waals surface area contributed by atoms with E-state index in [1.165, 1.54) is 0 Å². The van der Waals surface area contributed by atoms with Crippen molar-refractivity contribution in [1.29, 1.82) is 0 Å². The summed E-state index contributed by atoms with van der Waals surface area (Å²) in [6.07, 6.45) is 8.19. The van der Waals surface area contributed by atoms with E-state index in [4.69, 9.17) is 0 Å². The lowest BCUT2D eigenvalue weighted by molar-refractivity contribution is -0.141. The number of rotatable bonds is 6. The van der Waals surface area contributed by atoms with Gasteiger partial charge in [-0.2, -0.15) is 0 Å². The number of nitrogens with zero attached hydrogens (tertiary/aromatic N) is 3. The first-order chi connectivity index (χ1) is 11.9. The highest BCUT2D eigenvalue weighted by atomic mass is 16.1. The molecule has 0 saturated heterocycles. The van der Waals surface area contributed by atoms with Gasteiger partial charge in [-0.15, -0.1) is 0 Å². The minimum atomic E-state index is -0.0978. The van der Waals surface area contributed by atoms with E-state index in [2.05, 4.69) is 29.1 Å². The molecule has 0 bridgehead atoms. The van der Waals surface area contributed by atoms with Gasteiger partial charge in [-0.1, -0.05) is 19.9 Å². The molecule has 0 unspecified atom stereocenters. The van der Waals surface area contributed by atoms with Gasteiger partial charge in [0.2, 0.25) is 5.91 Å². The zero-order valence-corrected chi connectivity index (χ0v) is 14.9. The Labute approximate surface area is 147 Å². The van der Waals surface area contributed by atoms with Crippen LogP contribution in [0.5, 0.6) is 0 Å². The minimum Gasteiger partial charge on any atom is -0.352 e. The Morgan fingerprint density at radius 1 is 1.36 bits per heavy atom. The van der Waals surface area contributed by atoms with Crippen LogP contribution < -0.4 is 5.32 Å². The van der Waals surface area contributed by atoms with Crippen molar-refractivity contribution in [2.75, 3.05) is 0 Å². The fourth-order valence-electron chi connectivity index (χ4n) is 3.73. The molecular formula is C19H24N4O2. The number of ketones is 1. The van der Waals surface area contributed by atoms with Crippen LogP contribution in [0.1, 0.15) is 39.2 Å². The molecule has 2 heterocycles. The molecule has 1 amide bonds. The highest BCUT2D eigenvalue weighted by Gasteiger charge is 2.50. The van der Waals surface area contributed by atoms with E-state index in [9.17, 15) is 9.59 Å². The van der Waals surface area contributed by atoms with Crippen LogP contribution >= 0.6 is 0 Å². The second kappa shape index (κ2) is 6.78. The average molecular weight is 340 g/mol. The number of hydrogen-bond acceptors (Lipinski definition) is 4. The van der Waals surface area contributed by atoms with Crippen molar-refractivity contribution in [2.24, 2.45) is 17.3 Å². The fourth-order valence-corrected chi connectivity index (χ4v) is 3.73. The van der Waals surface area contributed by atoms with Crippen LogP contribution in [-0.4, -0.2) is 26.2 Å². The van der Waals surface area contributed by atoms with Crippen molar-refractivity contribution in [1.82, 2.24) is 19.9 Å². The van der Waals surface area contributed by atoms with Gasteiger partial charge < -0.3 is 5.32 Å². The molecule has 25 heavy (non-hydrogen) atoms. The van der Waals surface area contributed by atoms with Gasteiger partial charge in [-0.05, 0) is 30.7 Å². The predicted molar refractivity (Wildman–Crippen MR) is 93.9 cm³/mol. The summed E-state index contributed by atoms with van der Waals surface area (Å²) in [5.41, 5.74) is 0.836. The molecule has 132 valence electrons. The Hall–Kier alpha value is -2.50. The number of nitrogens with one attached hydrogen (secondary N) is 1. The zero-order chi connectivity index (χ0) is 18.0. The van der Waals surface area contributed by atoms with Crippen molar-refractivity contribution in [2.45, 2.75) is 40.2 Å². The lowest BCUT2D eigenvalue weighted by atomic mass is 9.52. The number of imidazole rings is 1. The maximum Gasteiger partial charge on any atom is 0.220 e. The number of pyridine rings is 1. The third kappa shape index (κ3) is 3.48. The third-order valence-corrected chi connectivity index (χ3v) is 5.49. The Bertz CT molecular complexity index is 767. The first kappa shape index (κ1) is 17.3. The van der Waals surface area contributed by atoms with E-state index in [1.807, 2.05) is 22.9 Å². The average Bonchev–Trinajstić information content (AvgIpc) is 3.10. The maximum atomic E-state index is 12.3. The summed E-state index contributed by atoms with van der Waals surface area (Å²) in [7, 11) is 0. The van der Waals surface area contributed by atoms with E-state index >= 15 is 0 Å². The molecule has 2 aromatic heterocycles. The van der Waals surface area contributed by atoms with Gasteiger partial charge in [0, 0.05) is 43.0 Å². The molecule has 2 aromatic rings. The first-order valence-electron chi connectivity index (χ1n) is 8.59. The first-order valence-corrected chi connectivity index (χ1v) is 8.59. The SMILES string of the molecule is CC(=O)[C@@H]1C[C@H](CC(=O)NCc2cccnc2-n2ccnc2)C1(C)C. The van der Waals surface area contributed by atoms with Gasteiger partial charge >= 0.3 is 0 Å². The Morgan fingerprint density at radius 2 is 2.16 bits per heavy atom. The van der Waals surface area contributed by atoms with Gasteiger partial charge in [0.15, 0.2) is 0 Å². The Morgan fingerprint density at radius 3 is 2.80 bits per heavy atom. The van der Waals surface area contributed by atoms with Crippen molar-refractivity contribution < 1.29 is 9.59 Å². The van der Waals surface area contributed by atoms with Gasteiger partial charge in [-0.25, -0.2) is 9.97 Å². The number of amides is 1. The number of hydrogen-bond donors (Lipinski definition) is 1. The highest BCUT2D eigenvalue weighted by Crippen LogP contribution is 2.53. The van der Waals surface area contributed by atoms with E-state index in [1.54, 1.807) is 25.6 Å². The highest BCUT2D eigenvalue weighted by molar-refractivity contribution is 5.81. The van der Waals surface area contributed by atoms with Gasteiger partial charge in [0.25, 0.3) is 0 Å². The van der Waals surface area contributed by atoms with Crippen LogP contribution in [0.2, 0.25) is 0 Å². The summed E-state index contributed by atoms with van der Waals surface area (Å²) < 4.78 is 1.83. The van der Waals surface area contributed by atoms with E-state index in [0.717, 1.165) is 17.8 Å². The summed E-state index contributed by atoms with van der Waals surface area (Å²) in [4.78, 5) is 32.4. The van der Waals surface area contributed by atoms with E-state index in [0.29, 0.717) is 13.0 Å². The van der Waals surface area contributed by atoms with Crippen LogP contribution in [0.15, 0.2) is 37.1 Å². The molecule has 6 heteroatoms. The normalized spacial score (nSPS) is 21.4. The molecule has 0 aliphatic heterocycles. The Kier molecular flexibility index (Phi) is 4.70. The van der Waals surface area contributed by atoms with Crippen LogP contribution in [0.3, 0.4) is 0 Å².